The highest BCUT2D eigenvalue weighted by Gasteiger charge is 2.23. The topological polar surface area (TPSA) is 41.6 Å². The van der Waals surface area contributed by atoms with Crippen LogP contribution in [0.2, 0.25) is 5.02 Å². The van der Waals surface area contributed by atoms with Gasteiger partial charge in [-0.05, 0) is 35.4 Å². The molecule has 25 heavy (non-hydrogen) atoms. The van der Waals surface area contributed by atoms with E-state index < -0.39 is 0 Å². The maximum absolute atomic E-state index is 12.9. The lowest BCUT2D eigenvalue weighted by Crippen LogP contribution is -2.44. The minimum atomic E-state index is -0.281. The summed E-state index contributed by atoms with van der Waals surface area (Å²) < 4.78 is 18.7. The Balaban J connectivity index is 1.49. The number of hydrogen-bond acceptors (Lipinski definition) is 3. The zero-order valence-corrected chi connectivity index (χ0v) is 14.5. The van der Waals surface area contributed by atoms with Crippen LogP contribution < -0.4 is 5.32 Å². The van der Waals surface area contributed by atoms with Gasteiger partial charge >= 0.3 is 0 Å². The number of ether oxygens (including phenoxy) is 1. The van der Waals surface area contributed by atoms with Crippen LogP contribution in [0.15, 0.2) is 48.5 Å². The Morgan fingerprint density at radius 3 is 2.64 bits per heavy atom. The Hall–Kier alpha value is -1.95. The first-order chi connectivity index (χ1) is 12.1. The van der Waals surface area contributed by atoms with Gasteiger partial charge < -0.3 is 10.1 Å². The Morgan fingerprint density at radius 1 is 1.20 bits per heavy atom. The third-order valence-corrected chi connectivity index (χ3v) is 4.41. The van der Waals surface area contributed by atoms with Crippen LogP contribution in [-0.4, -0.2) is 37.0 Å². The van der Waals surface area contributed by atoms with Crippen LogP contribution in [0.4, 0.5) is 4.39 Å². The van der Waals surface area contributed by atoms with Crippen LogP contribution in [0.3, 0.4) is 0 Å². The number of nitrogens with zero attached hydrogens (tertiary/aromatic N) is 1. The number of morpholine rings is 1. The summed E-state index contributed by atoms with van der Waals surface area (Å²) in [6.07, 6.45) is -0.0593. The van der Waals surface area contributed by atoms with Crippen LogP contribution in [-0.2, 0) is 16.1 Å². The summed E-state index contributed by atoms with van der Waals surface area (Å²) in [6.45, 7) is 2.66. The van der Waals surface area contributed by atoms with Crippen LogP contribution in [0, 0.1) is 5.82 Å². The molecule has 1 unspecified atom stereocenters. The number of amides is 1. The molecule has 0 aliphatic carbocycles. The largest absolute Gasteiger partial charge is 0.371 e. The molecule has 1 fully saturated rings. The second kappa shape index (κ2) is 8.43. The minimum Gasteiger partial charge on any atom is -0.371 e. The minimum absolute atomic E-state index is 0.0546. The Labute approximate surface area is 151 Å². The quantitative estimate of drug-likeness (QED) is 0.888. The standard InChI is InChI=1S/C19H20ClFN2O2/c20-16-5-3-15(4-6-16)18-12-23(9-10-25-18)13-19(24)22-11-14-1-7-17(21)8-2-14/h1-8,18H,9-13H2,(H,22,24). The van der Waals surface area contributed by atoms with Gasteiger partial charge in [-0.3, -0.25) is 9.69 Å². The number of carbonyl (C=O) groups excluding carboxylic acids is 1. The highest BCUT2D eigenvalue weighted by Crippen LogP contribution is 2.23. The highest BCUT2D eigenvalue weighted by molar-refractivity contribution is 6.30. The van der Waals surface area contributed by atoms with Crippen molar-refractivity contribution in [3.8, 4) is 0 Å². The number of rotatable bonds is 5. The van der Waals surface area contributed by atoms with Crippen molar-refractivity contribution in [2.75, 3.05) is 26.2 Å². The first kappa shape index (κ1) is 17.9. The fraction of sp³-hybridized carbons (Fsp3) is 0.316. The van der Waals surface area contributed by atoms with Gasteiger partial charge in [-0.1, -0.05) is 35.9 Å². The maximum Gasteiger partial charge on any atom is 0.234 e. The van der Waals surface area contributed by atoms with Crippen molar-refractivity contribution in [1.29, 1.82) is 0 Å². The summed E-state index contributed by atoms with van der Waals surface area (Å²) in [6, 6.07) is 13.7. The summed E-state index contributed by atoms with van der Waals surface area (Å²) in [5, 5.41) is 3.56. The molecule has 2 aromatic rings. The second-order valence-corrected chi connectivity index (χ2v) is 6.49. The van der Waals surface area contributed by atoms with E-state index in [0.717, 1.165) is 11.1 Å². The van der Waals surface area contributed by atoms with Crippen LogP contribution in [0.5, 0.6) is 0 Å². The molecule has 1 heterocycles. The molecular weight excluding hydrogens is 343 g/mol. The SMILES string of the molecule is O=C(CN1CCOC(c2ccc(Cl)cc2)C1)NCc1ccc(F)cc1. The van der Waals surface area contributed by atoms with Crippen molar-refractivity contribution in [3.63, 3.8) is 0 Å². The molecule has 132 valence electrons. The summed E-state index contributed by atoms with van der Waals surface area (Å²) in [5.74, 6) is -0.335. The van der Waals surface area contributed by atoms with E-state index in [-0.39, 0.29) is 17.8 Å². The van der Waals surface area contributed by atoms with Crippen LogP contribution in [0.1, 0.15) is 17.2 Å². The summed E-state index contributed by atoms with van der Waals surface area (Å²) in [4.78, 5) is 14.2. The molecule has 0 radical (unpaired) electrons. The van der Waals surface area contributed by atoms with Gasteiger partial charge in [0.15, 0.2) is 0 Å². The molecule has 1 amide bonds. The Kier molecular flexibility index (Phi) is 6.02. The normalized spacial score (nSPS) is 18.1. The van der Waals surface area contributed by atoms with E-state index in [1.807, 2.05) is 24.3 Å². The van der Waals surface area contributed by atoms with E-state index in [1.54, 1.807) is 12.1 Å². The zero-order chi connectivity index (χ0) is 17.6. The lowest BCUT2D eigenvalue weighted by atomic mass is 10.1. The third kappa shape index (κ3) is 5.26. The average molecular weight is 363 g/mol. The van der Waals surface area contributed by atoms with Gasteiger partial charge in [0.25, 0.3) is 0 Å². The molecule has 2 aromatic carbocycles. The molecule has 0 bridgehead atoms. The summed E-state index contributed by atoms with van der Waals surface area (Å²) >= 11 is 5.92. The maximum atomic E-state index is 12.9. The first-order valence-corrected chi connectivity index (χ1v) is 8.58. The zero-order valence-electron chi connectivity index (χ0n) is 13.8. The molecule has 1 aliphatic heterocycles. The van der Waals surface area contributed by atoms with Crippen LogP contribution in [0.25, 0.3) is 0 Å². The molecule has 1 saturated heterocycles. The van der Waals surface area contributed by atoms with Gasteiger partial charge in [0.1, 0.15) is 5.82 Å². The number of hydrogen-bond donors (Lipinski definition) is 1. The fourth-order valence-corrected chi connectivity index (χ4v) is 2.91. The van der Waals surface area contributed by atoms with Gasteiger partial charge in [-0.2, -0.15) is 0 Å². The monoisotopic (exact) mass is 362 g/mol. The summed E-state index contributed by atoms with van der Waals surface area (Å²) in [7, 11) is 0. The third-order valence-electron chi connectivity index (χ3n) is 4.16. The lowest BCUT2D eigenvalue weighted by Gasteiger charge is -2.32. The Morgan fingerprint density at radius 2 is 1.92 bits per heavy atom. The van der Waals surface area contributed by atoms with E-state index in [0.29, 0.717) is 37.8 Å². The van der Waals surface area contributed by atoms with Crippen LogP contribution >= 0.6 is 11.6 Å². The van der Waals surface area contributed by atoms with Gasteiger partial charge in [0.05, 0.1) is 19.3 Å². The molecule has 1 aliphatic rings. The van der Waals surface area contributed by atoms with Gasteiger partial charge in [-0.15, -0.1) is 0 Å². The number of carbonyl (C=O) groups is 1. The summed E-state index contributed by atoms with van der Waals surface area (Å²) in [5.41, 5.74) is 1.93. The van der Waals surface area contributed by atoms with E-state index in [1.165, 1.54) is 12.1 Å². The number of halogens is 2. The van der Waals surface area contributed by atoms with Crippen molar-refractivity contribution in [1.82, 2.24) is 10.2 Å². The molecule has 6 heteroatoms. The van der Waals surface area contributed by atoms with Crippen molar-refractivity contribution in [2.45, 2.75) is 12.6 Å². The number of nitrogens with one attached hydrogen (secondary N) is 1. The van der Waals surface area contributed by atoms with E-state index in [2.05, 4.69) is 10.2 Å². The average Bonchev–Trinajstić information content (AvgIpc) is 2.62. The fourth-order valence-electron chi connectivity index (χ4n) is 2.79. The lowest BCUT2D eigenvalue weighted by molar-refractivity contribution is -0.124. The van der Waals surface area contributed by atoms with Crippen molar-refractivity contribution in [3.05, 3.63) is 70.5 Å². The molecule has 0 aromatic heterocycles. The highest BCUT2D eigenvalue weighted by atomic mass is 35.5. The molecule has 0 spiro atoms. The van der Waals surface area contributed by atoms with E-state index in [4.69, 9.17) is 16.3 Å². The van der Waals surface area contributed by atoms with Gasteiger partial charge in [0, 0.05) is 24.7 Å². The molecule has 4 nitrogen and oxygen atoms in total. The Bertz CT molecular complexity index is 706. The van der Waals surface area contributed by atoms with E-state index in [9.17, 15) is 9.18 Å². The van der Waals surface area contributed by atoms with Crippen molar-refractivity contribution in [2.24, 2.45) is 0 Å². The van der Waals surface area contributed by atoms with Crippen molar-refractivity contribution >= 4 is 17.5 Å². The molecule has 0 saturated carbocycles. The van der Waals surface area contributed by atoms with E-state index >= 15 is 0 Å². The predicted molar refractivity (Wildman–Crippen MR) is 94.8 cm³/mol. The number of benzene rings is 2. The second-order valence-electron chi connectivity index (χ2n) is 6.05. The smallest absolute Gasteiger partial charge is 0.234 e. The predicted octanol–water partition coefficient (Wildman–Crippen LogP) is 3.17. The molecular formula is C19H20ClFN2O2. The molecule has 3 rings (SSSR count). The van der Waals surface area contributed by atoms with Gasteiger partial charge in [-0.25, -0.2) is 4.39 Å². The molecule has 1 atom stereocenters. The molecule has 1 N–H and O–H groups in total. The first-order valence-electron chi connectivity index (χ1n) is 8.21. The van der Waals surface area contributed by atoms with Crippen molar-refractivity contribution < 1.29 is 13.9 Å². The van der Waals surface area contributed by atoms with Gasteiger partial charge in [0.2, 0.25) is 5.91 Å².